The van der Waals surface area contributed by atoms with E-state index in [1.807, 2.05) is 12.1 Å². The number of anilines is 2. The summed E-state index contributed by atoms with van der Waals surface area (Å²) < 4.78 is 6.36. The lowest BCUT2D eigenvalue weighted by Crippen LogP contribution is -2.54. The van der Waals surface area contributed by atoms with Crippen LogP contribution < -0.4 is 15.5 Å². The van der Waals surface area contributed by atoms with Crippen LogP contribution in [-0.4, -0.2) is 67.9 Å². The molecular weight excluding hydrogens is 424 g/mol. The molecule has 0 spiro atoms. The van der Waals surface area contributed by atoms with Gasteiger partial charge in [-0.2, -0.15) is 5.26 Å². The van der Waals surface area contributed by atoms with Crippen molar-refractivity contribution in [2.45, 2.75) is 25.7 Å². The van der Waals surface area contributed by atoms with Crippen molar-refractivity contribution in [1.29, 1.82) is 5.26 Å². The highest BCUT2D eigenvalue weighted by Gasteiger charge is 2.29. The molecule has 2 atom stereocenters. The minimum absolute atomic E-state index is 0.140. The van der Waals surface area contributed by atoms with Crippen molar-refractivity contribution in [3.63, 3.8) is 0 Å². The molecule has 2 fully saturated rings. The molecule has 0 saturated carbocycles. The van der Waals surface area contributed by atoms with E-state index in [1.54, 1.807) is 6.20 Å². The fraction of sp³-hybridized carbons (Fsp3) is 0.407. The van der Waals surface area contributed by atoms with Crippen LogP contribution in [0.25, 0.3) is 10.9 Å². The van der Waals surface area contributed by atoms with Gasteiger partial charge in [-0.25, -0.2) is 0 Å². The summed E-state index contributed by atoms with van der Waals surface area (Å²) in [6.07, 6.45) is 2.04. The Bertz CT molecular complexity index is 1170. The molecule has 34 heavy (non-hydrogen) atoms. The zero-order chi connectivity index (χ0) is 23.5. The van der Waals surface area contributed by atoms with Gasteiger partial charge in [-0.3, -0.25) is 9.88 Å². The normalized spacial score (nSPS) is 21.6. The van der Waals surface area contributed by atoms with Crippen molar-refractivity contribution in [1.82, 2.24) is 9.88 Å². The van der Waals surface area contributed by atoms with Gasteiger partial charge in [0.25, 0.3) is 0 Å². The van der Waals surface area contributed by atoms with Crippen LogP contribution in [0.1, 0.15) is 18.1 Å². The van der Waals surface area contributed by atoms with E-state index in [-0.39, 0.29) is 12.2 Å². The molecule has 5 rings (SSSR count). The molecule has 2 aliphatic heterocycles. The molecule has 3 heterocycles. The summed E-state index contributed by atoms with van der Waals surface area (Å²) in [5, 5.41) is 10.5. The van der Waals surface area contributed by atoms with E-state index in [0.29, 0.717) is 12.1 Å². The van der Waals surface area contributed by atoms with Gasteiger partial charge in [0, 0.05) is 75.3 Å². The summed E-state index contributed by atoms with van der Waals surface area (Å²) in [5.74, 6) is 0. The second-order valence-corrected chi connectivity index (χ2v) is 9.28. The zero-order valence-electron chi connectivity index (χ0n) is 19.7. The maximum atomic E-state index is 9.48. The molecule has 2 unspecified atom stereocenters. The summed E-state index contributed by atoms with van der Waals surface area (Å²) >= 11 is 0. The molecular formula is C27H32N6O. The second kappa shape index (κ2) is 9.98. The minimum Gasteiger partial charge on any atom is -0.370 e. The second-order valence-electron chi connectivity index (χ2n) is 9.28. The van der Waals surface area contributed by atoms with Crippen molar-refractivity contribution < 1.29 is 4.74 Å². The van der Waals surface area contributed by atoms with E-state index in [9.17, 15) is 5.26 Å². The van der Waals surface area contributed by atoms with Crippen LogP contribution in [0.4, 0.5) is 11.4 Å². The van der Waals surface area contributed by atoms with E-state index in [4.69, 9.17) is 10.5 Å². The molecule has 7 heteroatoms. The minimum atomic E-state index is 0.140. The van der Waals surface area contributed by atoms with Crippen molar-refractivity contribution in [3.05, 3.63) is 65.9 Å². The average Bonchev–Trinajstić information content (AvgIpc) is 2.88. The van der Waals surface area contributed by atoms with Gasteiger partial charge in [0.1, 0.15) is 6.07 Å². The van der Waals surface area contributed by atoms with E-state index >= 15 is 0 Å². The van der Waals surface area contributed by atoms with Crippen LogP contribution in [0.3, 0.4) is 0 Å². The number of nitriles is 1. The quantitative estimate of drug-likeness (QED) is 0.632. The molecule has 176 valence electrons. The molecule has 1 aromatic heterocycles. The molecule has 2 aromatic carbocycles. The van der Waals surface area contributed by atoms with E-state index in [1.165, 1.54) is 11.3 Å². The highest BCUT2D eigenvalue weighted by Crippen LogP contribution is 2.30. The number of hydrogen-bond donors (Lipinski definition) is 1. The van der Waals surface area contributed by atoms with Crippen molar-refractivity contribution >= 4 is 22.3 Å². The summed E-state index contributed by atoms with van der Waals surface area (Å²) in [5.41, 5.74) is 10.7. The lowest BCUT2D eigenvalue weighted by Gasteiger charge is -2.42. The van der Waals surface area contributed by atoms with Gasteiger partial charge in [0.2, 0.25) is 0 Å². The first-order valence-electron chi connectivity index (χ1n) is 12.1. The number of benzene rings is 2. The van der Waals surface area contributed by atoms with E-state index < -0.39 is 0 Å². The lowest BCUT2D eigenvalue weighted by atomic mass is 10.1. The molecule has 2 aliphatic rings. The van der Waals surface area contributed by atoms with Gasteiger partial charge < -0.3 is 20.3 Å². The molecule has 0 bridgehead atoms. The van der Waals surface area contributed by atoms with Crippen LogP contribution in [0.15, 0.2) is 54.7 Å². The average molecular weight is 457 g/mol. The summed E-state index contributed by atoms with van der Waals surface area (Å²) in [6.45, 7) is 9.39. The van der Waals surface area contributed by atoms with Gasteiger partial charge in [0.15, 0.2) is 0 Å². The van der Waals surface area contributed by atoms with Gasteiger partial charge >= 0.3 is 0 Å². The lowest BCUT2D eigenvalue weighted by molar-refractivity contribution is -0.0327. The Labute approximate surface area is 201 Å². The smallest absolute Gasteiger partial charge is 0.101 e. The van der Waals surface area contributed by atoms with E-state index in [0.717, 1.165) is 62.4 Å². The molecule has 7 nitrogen and oxygen atoms in total. The molecule has 2 saturated heterocycles. The monoisotopic (exact) mass is 456 g/mol. The highest BCUT2D eigenvalue weighted by atomic mass is 16.5. The van der Waals surface area contributed by atoms with Crippen LogP contribution in [0.5, 0.6) is 0 Å². The number of hydrogen-bond acceptors (Lipinski definition) is 7. The maximum absolute atomic E-state index is 9.48. The van der Waals surface area contributed by atoms with Crippen LogP contribution in [0, 0.1) is 11.3 Å². The Balaban J connectivity index is 1.24. The Morgan fingerprint density at radius 1 is 1.03 bits per heavy atom. The van der Waals surface area contributed by atoms with Gasteiger partial charge in [-0.05, 0) is 48.9 Å². The Morgan fingerprint density at radius 2 is 1.82 bits per heavy atom. The van der Waals surface area contributed by atoms with Crippen molar-refractivity contribution in [2.24, 2.45) is 5.73 Å². The van der Waals surface area contributed by atoms with Crippen LogP contribution >= 0.6 is 0 Å². The van der Waals surface area contributed by atoms with Crippen molar-refractivity contribution in [3.8, 4) is 6.07 Å². The number of nitrogens with zero attached hydrogens (tertiary/aromatic N) is 5. The molecule has 0 aliphatic carbocycles. The number of ether oxygens (including phenoxy) is 1. The first-order valence-corrected chi connectivity index (χ1v) is 12.1. The molecule has 0 radical (unpaired) electrons. The van der Waals surface area contributed by atoms with Gasteiger partial charge in [-0.15, -0.1) is 0 Å². The topological polar surface area (TPSA) is 81.7 Å². The third kappa shape index (κ3) is 4.71. The number of pyridine rings is 1. The first kappa shape index (κ1) is 22.6. The summed E-state index contributed by atoms with van der Waals surface area (Å²) in [4.78, 5) is 11.8. The standard InChI is InChI=1S/C27H32N6O/c1-20-17-33(26-9-6-22(16-29)27-25(26)3-2-10-30-27)19-24(34-20)18-31-11-13-32(14-12-31)23-7-4-21(15-28)5-8-23/h2-10,20,24H,11-15,17-19,28H2,1H3. The highest BCUT2D eigenvalue weighted by molar-refractivity contribution is 5.95. The third-order valence-electron chi connectivity index (χ3n) is 6.91. The van der Waals surface area contributed by atoms with Gasteiger partial charge in [-0.1, -0.05) is 12.1 Å². The van der Waals surface area contributed by atoms with Crippen molar-refractivity contribution in [2.75, 3.05) is 55.6 Å². The predicted molar refractivity (Wildman–Crippen MR) is 136 cm³/mol. The number of fused-ring (bicyclic) bond motifs is 1. The maximum Gasteiger partial charge on any atom is 0.101 e. The number of piperazine rings is 1. The Kier molecular flexibility index (Phi) is 6.63. The number of aromatic nitrogens is 1. The Hall–Kier alpha value is -3.18. The third-order valence-corrected chi connectivity index (χ3v) is 6.91. The first-order chi connectivity index (χ1) is 16.6. The fourth-order valence-electron chi connectivity index (χ4n) is 5.19. The fourth-order valence-corrected chi connectivity index (χ4v) is 5.19. The molecule has 0 amide bonds. The zero-order valence-corrected chi connectivity index (χ0v) is 19.7. The van der Waals surface area contributed by atoms with E-state index in [2.05, 4.69) is 69.1 Å². The van der Waals surface area contributed by atoms with Crippen LogP contribution in [-0.2, 0) is 11.3 Å². The SMILES string of the molecule is CC1CN(c2ccc(C#N)c3ncccc23)CC(CN2CCN(c3ccc(CN)cc3)CC2)O1. The van der Waals surface area contributed by atoms with Crippen LogP contribution in [0.2, 0.25) is 0 Å². The largest absolute Gasteiger partial charge is 0.370 e. The molecule has 2 N–H and O–H groups in total. The number of morpholine rings is 1. The predicted octanol–water partition coefficient (Wildman–Crippen LogP) is 2.98. The summed E-state index contributed by atoms with van der Waals surface area (Å²) in [7, 11) is 0. The number of nitrogens with two attached hydrogens (primary N) is 1. The van der Waals surface area contributed by atoms with Gasteiger partial charge in [0.05, 0.1) is 23.3 Å². The number of rotatable bonds is 5. The molecule has 3 aromatic rings. The summed E-state index contributed by atoms with van der Waals surface area (Å²) in [6, 6.07) is 18.8. The Morgan fingerprint density at radius 3 is 2.56 bits per heavy atom.